The first-order valence-electron chi connectivity index (χ1n) is 19.9. The summed E-state index contributed by atoms with van der Waals surface area (Å²) >= 11 is 0. The molecule has 3 saturated heterocycles. The summed E-state index contributed by atoms with van der Waals surface area (Å²) in [5.74, 6) is -4.83. The molecule has 23 heteroatoms. The zero-order chi connectivity index (χ0) is 47.0. The summed E-state index contributed by atoms with van der Waals surface area (Å²) in [5, 5.41) is 136. The van der Waals surface area contributed by atoms with Gasteiger partial charge in [0.15, 0.2) is 29.7 Å². The second-order valence-corrected chi connectivity index (χ2v) is 15.4. The highest BCUT2D eigenvalue weighted by atomic mass is 16.8. The number of carbonyl (C=O) groups excluding carboxylic acids is 1. The quantitative estimate of drug-likeness (QED) is 0.0406. The van der Waals surface area contributed by atoms with E-state index in [4.69, 9.17) is 37.6 Å². The molecule has 4 aromatic rings. The van der Waals surface area contributed by atoms with Crippen LogP contribution in [0.25, 0.3) is 28.4 Å². The molecule has 0 amide bonds. The SMILES string of the molecule is CC1OC(Oc2cc(O)c3c(=O)c(OC4OC(COC(=O)C=Cc5ccc(O)cc5)C(O)C(O)C4OC4OC(CO)C(O)C(O)C4O)c(-c4ccc(O)c(O)c4)oc3c2)C(O)C(O)C1O. The Labute approximate surface area is 365 Å². The van der Waals surface area contributed by atoms with Gasteiger partial charge in [-0.15, -0.1) is 0 Å². The van der Waals surface area contributed by atoms with Gasteiger partial charge in [-0.3, -0.25) is 4.79 Å². The molecule has 3 aliphatic rings. The molecule has 65 heavy (non-hydrogen) atoms. The van der Waals surface area contributed by atoms with Gasteiger partial charge in [-0.05, 0) is 48.9 Å². The topological polar surface area (TPSA) is 375 Å². The molecule has 15 unspecified atom stereocenters. The molecular weight excluding hydrogens is 872 g/mol. The van der Waals surface area contributed by atoms with Crippen LogP contribution in [0.3, 0.4) is 0 Å². The van der Waals surface area contributed by atoms with Crippen molar-refractivity contribution in [2.45, 2.75) is 99.0 Å². The number of aliphatic hydroxyl groups is 9. The van der Waals surface area contributed by atoms with Crippen molar-refractivity contribution >= 4 is 23.0 Å². The zero-order valence-corrected chi connectivity index (χ0v) is 33.8. The van der Waals surface area contributed by atoms with Gasteiger partial charge in [-0.25, -0.2) is 4.79 Å². The average molecular weight is 919 g/mol. The fourth-order valence-corrected chi connectivity index (χ4v) is 7.23. The summed E-state index contributed by atoms with van der Waals surface area (Å²) in [5.41, 5.74) is -1.29. The standard InChI is InChI=1S/C42H46O23/c1-15-28(49)32(53)35(56)40(59-15)60-19-11-22(47)27-23(12-19)61-37(17-5-8-20(45)21(46)10-17)38(31(27)52)64-42-39(65-41-36(57)33(54)29(50)24(13-43)62-41)34(55)30(51)25(63-42)14-58-26(48)9-4-16-2-6-18(44)7-3-16/h2-12,15,24-25,28-30,32-36,39-47,49-51,53-57H,13-14H2,1H3. The number of hydrogen-bond acceptors (Lipinski definition) is 23. The second kappa shape index (κ2) is 19.4. The van der Waals surface area contributed by atoms with Gasteiger partial charge in [-0.2, -0.15) is 0 Å². The van der Waals surface area contributed by atoms with Crippen LogP contribution in [0.1, 0.15) is 12.5 Å². The number of hydrogen-bond donors (Lipinski definition) is 13. The first kappa shape index (κ1) is 47.3. The largest absolute Gasteiger partial charge is 0.508 e. The Morgan fingerprint density at radius 2 is 1.34 bits per heavy atom. The van der Waals surface area contributed by atoms with Gasteiger partial charge in [0, 0.05) is 23.8 Å². The van der Waals surface area contributed by atoms with Crippen molar-refractivity contribution in [1.82, 2.24) is 0 Å². The molecule has 13 N–H and O–H groups in total. The van der Waals surface area contributed by atoms with E-state index < -0.39 is 156 Å². The molecule has 7 rings (SSSR count). The van der Waals surface area contributed by atoms with Gasteiger partial charge in [-0.1, -0.05) is 12.1 Å². The highest BCUT2D eigenvalue weighted by Gasteiger charge is 2.52. The molecule has 0 spiro atoms. The van der Waals surface area contributed by atoms with E-state index >= 15 is 0 Å². The fourth-order valence-electron chi connectivity index (χ4n) is 7.23. The number of rotatable bonds is 12. The number of aromatic hydroxyl groups is 4. The number of phenols is 4. The third kappa shape index (κ3) is 9.83. The number of aliphatic hydroxyl groups excluding tert-OH is 9. The molecular formula is C42H46O23. The molecule has 23 nitrogen and oxygen atoms in total. The number of fused-ring (bicyclic) bond motifs is 1. The van der Waals surface area contributed by atoms with Crippen LogP contribution in [0, 0.1) is 0 Å². The van der Waals surface area contributed by atoms with Gasteiger partial charge >= 0.3 is 5.97 Å². The van der Waals surface area contributed by atoms with Crippen molar-refractivity contribution < 1.29 is 109 Å². The van der Waals surface area contributed by atoms with Crippen molar-refractivity contribution in [2.75, 3.05) is 13.2 Å². The molecule has 0 aliphatic carbocycles. The maximum absolute atomic E-state index is 14.5. The van der Waals surface area contributed by atoms with E-state index in [-0.39, 0.29) is 17.1 Å². The van der Waals surface area contributed by atoms with Crippen LogP contribution >= 0.6 is 0 Å². The van der Waals surface area contributed by atoms with Crippen LogP contribution in [0.4, 0.5) is 0 Å². The summed E-state index contributed by atoms with van der Waals surface area (Å²) in [6.07, 6.45) is -24.6. The van der Waals surface area contributed by atoms with E-state index in [1.807, 2.05) is 0 Å². The van der Waals surface area contributed by atoms with Crippen molar-refractivity contribution in [3.05, 3.63) is 76.5 Å². The minimum absolute atomic E-state index is 0.0191. The maximum atomic E-state index is 14.5. The van der Waals surface area contributed by atoms with E-state index in [9.17, 15) is 76.0 Å². The van der Waals surface area contributed by atoms with Crippen molar-refractivity contribution in [3.63, 3.8) is 0 Å². The smallest absolute Gasteiger partial charge is 0.330 e. The van der Waals surface area contributed by atoms with Gasteiger partial charge in [0.25, 0.3) is 0 Å². The van der Waals surface area contributed by atoms with E-state index in [2.05, 4.69) is 0 Å². The molecule has 1 aromatic heterocycles. The molecule has 0 bridgehead atoms. The maximum Gasteiger partial charge on any atom is 0.330 e. The van der Waals surface area contributed by atoms with Crippen LogP contribution < -0.4 is 14.9 Å². The van der Waals surface area contributed by atoms with E-state index in [1.165, 1.54) is 43.3 Å². The van der Waals surface area contributed by atoms with Crippen LogP contribution in [-0.4, -0.2) is 178 Å². The Hall–Kier alpha value is -5.64. The Kier molecular flexibility index (Phi) is 14.2. The average Bonchev–Trinajstić information content (AvgIpc) is 3.28. The van der Waals surface area contributed by atoms with E-state index in [0.29, 0.717) is 5.56 Å². The second-order valence-electron chi connectivity index (χ2n) is 15.4. The van der Waals surface area contributed by atoms with Crippen molar-refractivity contribution in [2.24, 2.45) is 0 Å². The first-order valence-corrected chi connectivity index (χ1v) is 19.9. The molecule has 0 radical (unpaired) electrons. The highest BCUT2D eigenvalue weighted by Crippen LogP contribution is 2.41. The molecule has 3 aliphatic heterocycles. The Morgan fingerprint density at radius 3 is 2.03 bits per heavy atom. The first-order chi connectivity index (χ1) is 30.9. The van der Waals surface area contributed by atoms with Gasteiger partial charge in [0.1, 0.15) is 95.9 Å². The summed E-state index contributed by atoms with van der Waals surface area (Å²) in [4.78, 5) is 27.3. The summed E-state index contributed by atoms with van der Waals surface area (Å²) in [6.45, 7) is -0.273. The van der Waals surface area contributed by atoms with Gasteiger partial charge in [0.2, 0.25) is 23.8 Å². The Bertz CT molecular complexity index is 2400. The Morgan fingerprint density at radius 1 is 0.677 bits per heavy atom. The lowest BCUT2D eigenvalue weighted by Gasteiger charge is -2.45. The Balaban J connectivity index is 1.27. The number of phenolic OH excluding ortho intramolecular Hbond substituents is 4. The molecule has 0 saturated carbocycles. The van der Waals surface area contributed by atoms with Gasteiger partial charge in [0.05, 0.1) is 12.7 Å². The van der Waals surface area contributed by atoms with Crippen LogP contribution in [0.2, 0.25) is 0 Å². The minimum Gasteiger partial charge on any atom is -0.508 e. The number of carbonyl (C=O) groups is 1. The molecule has 352 valence electrons. The number of ether oxygens (including phenoxy) is 7. The van der Waals surface area contributed by atoms with E-state index in [1.54, 1.807) is 0 Å². The van der Waals surface area contributed by atoms with Crippen LogP contribution in [0.15, 0.2) is 69.9 Å². The number of esters is 1. The third-order valence-electron chi connectivity index (χ3n) is 10.9. The normalized spacial score (nSPS) is 32.9. The van der Waals surface area contributed by atoms with Crippen LogP contribution in [-0.2, 0) is 28.5 Å². The predicted molar refractivity (Wildman–Crippen MR) is 214 cm³/mol. The summed E-state index contributed by atoms with van der Waals surface area (Å²) in [7, 11) is 0. The van der Waals surface area contributed by atoms with Crippen LogP contribution in [0.5, 0.6) is 34.5 Å². The lowest BCUT2D eigenvalue weighted by molar-refractivity contribution is -0.358. The monoisotopic (exact) mass is 918 g/mol. The number of benzene rings is 3. The molecule has 15 atom stereocenters. The molecule has 3 fully saturated rings. The molecule has 3 aromatic carbocycles. The van der Waals surface area contributed by atoms with Crippen molar-refractivity contribution in [3.8, 4) is 45.8 Å². The predicted octanol–water partition coefficient (Wildman–Crippen LogP) is -2.24. The van der Waals surface area contributed by atoms with Crippen molar-refractivity contribution in [1.29, 1.82) is 0 Å². The van der Waals surface area contributed by atoms with E-state index in [0.717, 1.165) is 30.3 Å². The summed E-state index contributed by atoms with van der Waals surface area (Å²) < 4.78 is 45.7. The highest BCUT2D eigenvalue weighted by molar-refractivity contribution is 5.89. The zero-order valence-electron chi connectivity index (χ0n) is 33.8. The third-order valence-corrected chi connectivity index (χ3v) is 10.9. The lowest BCUT2D eigenvalue weighted by atomic mass is 9.97. The summed E-state index contributed by atoms with van der Waals surface area (Å²) in [6, 6.07) is 10.9. The lowest BCUT2D eigenvalue weighted by Crippen LogP contribution is -2.65. The fraction of sp³-hybridized carbons (Fsp3) is 0.429. The molecule has 4 heterocycles. The minimum atomic E-state index is -2.14. The van der Waals surface area contributed by atoms with Gasteiger partial charge < -0.3 is 104 Å².